The smallest absolute Gasteiger partial charge is 0.308 e. The second kappa shape index (κ2) is 4.88. The molecule has 0 fully saturated rings. The minimum atomic E-state index is -3.62. The molecule has 1 heterocycles. The van der Waals surface area contributed by atoms with Crippen molar-refractivity contribution in [3.05, 3.63) is 39.3 Å². The van der Waals surface area contributed by atoms with Gasteiger partial charge in [-0.3, -0.25) is 4.79 Å². The van der Waals surface area contributed by atoms with E-state index in [1.54, 1.807) is 0 Å². The lowest BCUT2D eigenvalue weighted by Gasteiger charge is -2.09. The second-order valence-electron chi connectivity index (χ2n) is 4.14. The summed E-state index contributed by atoms with van der Waals surface area (Å²) in [6, 6.07) is 4.00. The van der Waals surface area contributed by atoms with E-state index < -0.39 is 15.4 Å². The van der Waals surface area contributed by atoms with E-state index in [-0.39, 0.29) is 31.7 Å². The van der Waals surface area contributed by atoms with Crippen LogP contribution in [0.4, 0.5) is 0 Å². The van der Waals surface area contributed by atoms with Gasteiger partial charge in [0.1, 0.15) is 5.69 Å². The van der Waals surface area contributed by atoms with Gasteiger partial charge in [0.05, 0.1) is 4.90 Å². The van der Waals surface area contributed by atoms with Crippen LogP contribution in [0.15, 0.2) is 27.9 Å². The number of hydrogen-bond donors (Lipinski definition) is 1. The van der Waals surface area contributed by atoms with Gasteiger partial charge in [0, 0.05) is 16.8 Å². The number of nitrogens with zero attached hydrogens (tertiary/aromatic N) is 3. The first-order valence-electron chi connectivity index (χ1n) is 5.37. The molecule has 0 aliphatic rings. The average molecular weight is 316 g/mol. The number of sulfone groups is 1. The fourth-order valence-corrected chi connectivity index (χ4v) is 2.75. The van der Waals surface area contributed by atoms with E-state index in [0.29, 0.717) is 0 Å². The quantitative estimate of drug-likeness (QED) is 0.826. The van der Waals surface area contributed by atoms with Crippen molar-refractivity contribution in [3.8, 4) is 11.4 Å². The van der Waals surface area contributed by atoms with Gasteiger partial charge in [-0.2, -0.15) is 0 Å². The number of benzene rings is 1. The molecule has 7 nitrogen and oxygen atoms in total. The van der Waals surface area contributed by atoms with E-state index in [1.807, 2.05) is 0 Å². The highest BCUT2D eigenvalue weighted by Gasteiger charge is 2.20. The molecule has 0 aliphatic heterocycles. The Labute approximate surface area is 119 Å². The minimum absolute atomic E-state index is 0.00822. The molecule has 0 saturated carbocycles. The maximum Gasteiger partial charge on any atom is 0.308 e. The lowest BCUT2D eigenvalue weighted by atomic mass is 10.2. The van der Waals surface area contributed by atoms with Crippen molar-refractivity contribution in [1.29, 1.82) is 0 Å². The molecule has 0 bridgehead atoms. The summed E-state index contributed by atoms with van der Waals surface area (Å²) in [5.74, 6) is -0.266. The molecule has 0 spiro atoms. The molecular formula is C11H10ClN3O4S. The van der Waals surface area contributed by atoms with Crippen LogP contribution in [0, 0.1) is 6.92 Å². The number of aromatic nitrogens is 3. The standard InChI is InChI=1S/C11H10ClN3O4S/c1-6-11(16)15(17)10(14-13-6)8-4-3-7(12)5-9(8)20(2,18)19/h3-5,17H,1-2H3. The summed E-state index contributed by atoms with van der Waals surface area (Å²) in [7, 11) is -3.62. The molecule has 1 N–H and O–H groups in total. The van der Waals surface area contributed by atoms with Crippen LogP contribution in [0.5, 0.6) is 0 Å². The molecule has 0 atom stereocenters. The molecule has 2 rings (SSSR count). The maximum absolute atomic E-state index is 11.8. The lowest BCUT2D eigenvalue weighted by molar-refractivity contribution is 0.173. The van der Waals surface area contributed by atoms with Gasteiger partial charge in [-0.25, -0.2) is 8.42 Å². The van der Waals surface area contributed by atoms with E-state index in [0.717, 1.165) is 6.26 Å². The molecule has 2 aromatic rings. The fourth-order valence-electron chi connectivity index (χ4n) is 1.61. The molecular weight excluding hydrogens is 306 g/mol. The molecule has 1 aromatic heterocycles. The molecule has 0 saturated heterocycles. The second-order valence-corrected chi connectivity index (χ2v) is 6.56. The van der Waals surface area contributed by atoms with Crippen LogP contribution in [-0.4, -0.2) is 34.8 Å². The van der Waals surface area contributed by atoms with Crippen LogP contribution in [0.2, 0.25) is 5.02 Å². The Hall–Kier alpha value is -1.93. The van der Waals surface area contributed by atoms with Gasteiger partial charge < -0.3 is 5.21 Å². The summed E-state index contributed by atoms with van der Waals surface area (Å²) in [5.41, 5.74) is -0.737. The monoisotopic (exact) mass is 315 g/mol. The van der Waals surface area contributed by atoms with E-state index in [1.165, 1.54) is 25.1 Å². The van der Waals surface area contributed by atoms with E-state index in [9.17, 15) is 18.4 Å². The summed E-state index contributed by atoms with van der Waals surface area (Å²) < 4.78 is 23.8. The average Bonchev–Trinajstić information content (AvgIpc) is 2.36. The van der Waals surface area contributed by atoms with E-state index in [2.05, 4.69) is 10.2 Å². The third kappa shape index (κ3) is 2.52. The van der Waals surface area contributed by atoms with Crippen LogP contribution >= 0.6 is 11.6 Å². The summed E-state index contributed by atoms with van der Waals surface area (Å²) in [5, 5.41) is 17.2. The lowest BCUT2D eigenvalue weighted by Crippen LogP contribution is -2.25. The zero-order valence-electron chi connectivity index (χ0n) is 10.5. The van der Waals surface area contributed by atoms with Gasteiger partial charge in [0.2, 0.25) is 5.82 Å². The molecule has 0 unspecified atom stereocenters. The van der Waals surface area contributed by atoms with Crippen LogP contribution in [0.25, 0.3) is 11.4 Å². The van der Waals surface area contributed by atoms with Crippen LogP contribution < -0.4 is 5.56 Å². The van der Waals surface area contributed by atoms with Crippen molar-refractivity contribution >= 4 is 21.4 Å². The molecule has 106 valence electrons. The van der Waals surface area contributed by atoms with Crippen molar-refractivity contribution < 1.29 is 13.6 Å². The SMILES string of the molecule is Cc1nnc(-c2ccc(Cl)cc2S(C)(=O)=O)n(O)c1=O. The van der Waals surface area contributed by atoms with E-state index in [4.69, 9.17) is 11.6 Å². The first-order chi connectivity index (χ1) is 9.21. The largest absolute Gasteiger partial charge is 0.423 e. The van der Waals surface area contributed by atoms with E-state index >= 15 is 0 Å². The summed E-state index contributed by atoms with van der Waals surface area (Å²) >= 11 is 5.78. The number of aryl methyl sites for hydroxylation is 1. The van der Waals surface area contributed by atoms with Gasteiger partial charge in [-0.15, -0.1) is 14.9 Å². The molecule has 0 amide bonds. The predicted octanol–water partition coefficient (Wildman–Crippen LogP) is 0.908. The Morgan fingerprint density at radius 2 is 1.95 bits per heavy atom. The number of hydrogen-bond acceptors (Lipinski definition) is 6. The van der Waals surface area contributed by atoms with Crippen molar-refractivity contribution in [1.82, 2.24) is 14.9 Å². The summed E-state index contributed by atoms with van der Waals surface area (Å²) in [6.07, 6.45) is 0.990. The molecule has 20 heavy (non-hydrogen) atoms. The van der Waals surface area contributed by atoms with Crippen LogP contribution in [0.3, 0.4) is 0 Å². The Bertz CT molecular complexity index is 845. The van der Waals surface area contributed by atoms with Crippen molar-refractivity contribution in [2.45, 2.75) is 11.8 Å². The van der Waals surface area contributed by atoms with Crippen molar-refractivity contribution in [2.75, 3.05) is 6.26 Å². The summed E-state index contributed by atoms with van der Waals surface area (Å²) in [4.78, 5) is 11.5. The van der Waals surface area contributed by atoms with Gasteiger partial charge in [0.25, 0.3) is 0 Å². The Kier molecular flexibility index (Phi) is 3.53. The molecule has 1 aromatic carbocycles. The first-order valence-corrected chi connectivity index (χ1v) is 7.64. The third-order valence-electron chi connectivity index (χ3n) is 2.58. The molecule has 0 radical (unpaired) electrons. The zero-order valence-corrected chi connectivity index (χ0v) is 12.1. The maximum atomic E-state index is 11.8. The number of halogens is 1. The Balaban J connectivity index is 2.84. The van der Waals surface area contributed by atoms with Gasteiger partial charge in [-0.05, 0) is 25.1 Å². The van der Waals surface area contributed by atoms with Gasteiger partial charge in [0.15, 0.2) is 9.84 Å². The van der Waals surface area contributed by atoms with Crippen molar-refractivity contribution in [2.24, 2.45) is 0 Å². The number of rotatable bonds is 2. The van der Waals surface area contributed by atoms with Crippen molar-refractivity contribution in [3.63, 3.8) is 0 Å². The van der Waals surface area contributed by atoms with Crippen LogP contribution in [-0.2, 0) is 9.84 Å². The minimum Gasteiger partial charge on any atom is -0.423 e. The van der Waals surface area contributed by atoms with Gasteiger partial charge in [-0.1, -0.05) is 11.6 Å². The normalized spacial score (nSPS) is 11.6. The molecule has 9 heteroatoms. The predicted molar refractivity (Wildman–Crippen MR) is 71.8 cm³/mol. The Morgan fingerprint density at radius 1 is 1.30 bits per heavy atom. The fraction of sp³-hybridized carbons (Fsp3) is 0.182. The zero-order chi connectivity index (χ0) is 15.1. The van der Waals surface area contributed by atoms with Crippen LogP contribution in [0.1, 0.15) is 5.69 Å². The molecule has 0 aliphatic carbocycles. The highest BCUT2D eigenvalue weighted by Crippen LogP contribution is 2.27. The highest BCUT2D eigenvalue weighted by molar-refractivity contribution is 7.90. The topological polar surface area (TPSA) is 102 Å². The Morgan fingerprint density at radius 3 is 2.55 bits per heavy atom. The highest BCUT2D eigenvalue weighted by atomic mass is 35.5. The van der Waals surface area contributed by atoms with Gasteiger partial charge >= 0.3 is 5.56 Å². The third-order valence-corrected chi connectivity index (χ3v) is 3.95. The first kappa shape index (κ1) is 14.5. The summed E-state index contributed by atoms with van der Waals surface area (Å²) in [6.45, 7) is 1.38.